The highest BCUT2D eigenvalue weighted by atomic mass is 16.5. The van der Waals surface area contributed by atoms with Crippen molar-refractivity contribution < 1.29 is 19.1 Å². The summed E-state index contributed by atoms with van der Waals surface area (Å²) in [5.41, 5.74) is 7.68. The lowest BCUT2D eigenvalue weighted by molar-refractivity contribution is -0.148. The average molecular weight is 520 g/mol. The van der Waals surface area contributed by atoms with Gasteiger partial charge in [-0.15, -0.1) is 0 Å². The second-order valence-corrected chi connectivity index (χ2v) is 11.7. The van der Waals surface area contributed by atoms with Gasteiger partial charge in [0.25, 0.3) is 0 Å². The van der Waals surface area contributed by atoms with E-state index in [1.54, 1.807) is 23.6 Å². The Hall–Kier alpha value is -3.03. The number of carbonyl (C=O) groups excluding carboxylic acids is 3. The largest absolute Gasteiger partial charge is 0.376 e. The van der Waals surface area contributed by atoms with Gasteiger partial charge in [0.1, 0.15) is 0 Å². The van der Waals surface area contributed by atoms with Crippen LogP contribution in [0, 0.1) is 18.3 Å². The predicted octanol–water partition coefficient (Wildman–Crippen LogP) is 3.69. The van der Waals surface area contributed by atoms with Gasteiger partial charge in [0.05, 0.1) is 30.1 Å². The van der Waals surface area contributed by atoms with Gasteiger partial charge in [-0.3, -0.25) is 14.4 Å². The summed E-state index contributed by atoms with van der Waals surface area (Å²) in [4.78, 5) is 44.0. The van der Waals surface area contributed by atoms with Crippen molar-refractivity contribution in [3.05, 3.63) is 71.3 Å². The zero-order chi connectivity index (χ0) is 27.5. The first-order valence-electron chi connectivity index (χ1n) is 13.6. The molecule has 0 radical (unpaired) electrons. The van der Waals surface area contributed by atoms with Crippen LogP contribution in [0.3, 0.4) is 0 Å². The molecule has 2 aliphatic heterocycles. The van der Waals surface area contributed by atoms with Crippen molar-refractivity contribution in [1.82, 2.24) is 9.80 Å². The number of hydrogen-bond acceptors (Lipinski definition) is 5. The van der Waals surface area contributed by atoms with E-state index in [1.165, 1.54) is 5.56 Å². The summed E-state index contributed by atoms with van der Waals surface area (Å²) in [7, 11) is 1.85. The maximum atomic E-state index is 13.9. The first kappa shape index (κ1) is 28.0. The maximum Gasteiger partial charge on any atom is 0.231 e. The van der Waals surface area contributed by atoms with Crippen LogP contribution in [0.15, 0.2) is 54.6 Å². The Morgan fingerprint density at radius 1 is 1.13 bits per heavy atom. The average Bonchev–Trinajstić information content (AvgIpc) is 3.12. The minimum absolute atomic E-state index is 0.00795. The molecule has 2 aromatic rings. The van der Waals surface area contributed by atoms with Crippen molar-refractivity contribution in [2.45, 2.75) is 58.1 Å². The lowest BCUT2D eigenvalue weighted by Crippen LogP contribution is -2.53. The minimum atomic E-state index is -1.04. The molecule has 2 heterocycles. The van der Waals surface area contributed by atoms with Gasteiger partial charge in [-0.05, 0) is 44.7 Å². The second-order valence-electron chi connectivity index (χ2n) is 11.7. The van der Waals surface area contributed by atoms with E-state index in [2.05, 4.69) is 31.2 Å². The van der Waals surface area contributed by atoms with E-state index in [0.29, 0.717) is 26.2 Å². The highest BCUT2D eigenvalue weighted by Gasteiger charge is 2.55. The van der Waals surface area contributed by atoms with E-state index >= 15 is 0 Å². The van der Waals surface area contributed by atoms with Crippen molar-refractivity contribution in [3.63, 3.8) is 0 Å². The van der Waals surface area contributed by atoms with Crippen molar-refractivity contribution in [3.8, 4) is 0 Å². The summed E-state index contributed by atoms with van der Waals surface area (Å²) >= 11 is 0. The quantitative estimate of drug-likeness (QED) is 0.546. The Labute approximate surface area is 226 Å². The maximum absolute atomic E-state index is 13.9. The molecule has 7 nitrogen and oxygen atoms in total. The number of carbonyl (C=O) groups is 3. The highest BCUT2D eigenvalue weighted by Crippen LogP contribution is 2.49. The number of likely N-dealkylation sites (N-methyl/N-ethyl adjacent to an activating group) is 1. The van der Waals surface area contributed by atoms with Gasteiger partial charge >= 0.3 is 0 Å². The second kappa shape index (κ2) is 11.4. The fourth-order valence-corrected chi connectivity index (χ4v) is 5.87. The fourth-order valence-electron chi connectivity index (χ4n) is 5.87. The summed E-state index contributed by atoms with van der Waals surface area (Å²) in [5.74, 6) is -0.874. The van der Waals surface area contributed by atoms with Gasteiger partial charge in [0, 0.05) is 39.0 Å². The fraction of sp³-hybridized carbons (Fsp3) is 0.516. The summed E-state index contributed by atoms with van der Waals surface area (Å²) in [6.07, 6.45) is 1.49. The third-order valence-corrected chi connectivity index (χ3v) is 8.14. The number of piperidine rings is 1. The zero-order valence-electron chi connectivity index (χ0n) is 23.1. The number of nitrogens with zero attached hydrogens (tertiary/aromatic N) is 2. The van der Waals surface area contributed by atoms with Crippen molar-refractivity contribution in [1.29, 1.82) is 0 Å². The molecule has 0 aromatic heterocycles. The first-order valence-corrected chi connectivity index (χ1v) is 13.6. The van der Waals surface area contributed by atoms with Gasteiger partial charge in [-0.2, -0.15) is 0 Å². The minimum Gasteiger partial charge on any atom is -0.376 e. The lowest BCUT2D eigenvalue weighted by atomic mass is 9.68. The van der Waals surface area contributed by atoms with Crippen LogP contribution < -0.4 is 5.73 Å². The molecule has 2 aromatic carbocycles. The summed E-state index contributed by atoms with van der Waals surface area (Å²) in [6.45, 7) is 7.40. The van der Waals surface area contributed by atoms with Crippen molar-refractivity contribution >= 4 is 17.6 Å². The highest BCUT2D eigenvalue weighted by molar-refractivity contribution is 5.92. The molecule has 3 atom stereocenters. The number of Topliss-reactive ketones (excluding diaryl/α,β-unsaturated/α-hetero) is 1. The molecule has 0 aliphatic carbocycles. The first-order chi connectivity index (χ1) is 18.0. The van der Waals surface area contributed by atoms with Crippen LogP contribution in [-0.4, -0.2) is 66.2 Å². The molecule has 204 valence electrons. The molecule has 4 rings (SSSR count). The Kier molecular flexibility index (Phi) is 8.38. The van der Waals surface area contributed by atoms with E-state index in [0.717, 1.165) is 24.0 Å². The zero-order valence-corrected chi connectivity index (χ0v) is 23.1. The Balaban J connectivity index is 1.55. The van der Waals surface area contributed by atoms with Crippen LogP contribution >= 0.6 is 0 Å². The molecular formula is C31H41N3O4. The molecule has 2 saturated heterocycles. The number of rotatable bonds is 9. The third-order valence-electron chi connectivity index (χ3n) is 8.14. The predicted molar refractivity (Wildman–Crippen MR) is 147 cm³/mol. The molecule has 0 saturated carbocycles. The van der Waals surface area contributed by atoms with Crippen LogP contribution in [0.4, 0.5) is 0 Å². The van der Waals surface area contributed by atoms with Gasteiger partial charge in [0.2, 0.25) is 11.8 Å². The molecule has 2 amide bonds. The van der Waals surface area contributed by atoms with Crippen molar-refractivity contribution in [2.75, 3.05) is 33.3 Å². The molecular weight excluding hydrogens is 478 g/mol. The van der Waals surface area contributed by atoms with Crippen LogP contribution in [0.5, 0.6) is 0 Å². The molecule has 2 aliphatic rings. The van der Waals surface area contributed by atoms with Gasteiger partial charge in [-0.1, -0.05) is 60.2 Å². The van der Waals surface area contributed by atoms with E-state index in [9.17, 15) is 14.4 Å². The molecule has 2 fully saturated rings. The van der Waals surface area contributed by atoms with E-state index in [1.807, 2.05) is 37.4 Å². The monoisotopic (exact) mass is 519 g/mol. The van der Waals surface area contributed by atoms with E-state index in [4.69, 9.17) is 10.5 Å². The summed E-state index contributed by atoms with van der Waals surface area (Å²) in [6, 6.07) is 18.1. The molecule has 38 heavy (non-hydrogen) atoms. The van der Waals surface area contributed by atoms with Crippen LogP contribution in [0.25, 0.3) is 0 Å². The molecule has 2 N–H and O–H groups in total. The number of aryl methyl sites for hydroxylation is 1. The number of benzene rings is 2. The lowest BCUT2D eigenvalue weighted by Gasteiger charge is -2.43. The third kappa shape index (κ3) is 6.00. The van der Waals surface area contributed by atoms with Crippen LogP contribution in [-0.2, 0) is 25.7 Å². The number of likely N-dealkylation sites (tertiary alicyclic amines) is 2. The normalized spacial score (nSPS) is 22.7. The number of nitrogens with two attached hydrogens (primary N) is 1. The van der Waals surface area contributed by atoms with Crippen LogP contribution in [0.2, 0.25) is 0 Å². The molecule has 7 heteroatoms. The van der Waals surface area contributed by atoms with Crippen LogP contribution in [0.1, 0.15) is 55.7 Å². The number of amides is 2. The molecule has 1 spiro atoms. The molecule has 2 unspecified atom stereocenters. The number of ketones is 1. The van der Waals surface area contributed by atoms with E-state index in [-0.39, 0.29) is 36.5 Å². The topological polar surface area (TPSA) is 92.9 Å². The summed E-state index contributed by atoms with van der Waals surface area (Å²) in [5, 5.41) is 0. The SMILES string of the molecule is Cc1ccc(C2CN(C)C(=O)C23CCCN(C(=O)[C@@H](COCc2ccccc2)CC(=O)C(C)(C)N)C3)cc1. The Bertz CT molecular complexity index is 1140. The van der Waals surface area contributed by atoms with Crippen molar-refractivity contribution in [2.24, 2.45) is 17.1 Å². The Morgan fingerprint density at radius 2 is 1.82 bits per heavy atom. The van der Waals surface area contributed by atoms with Gasteiger partial charge in [-0.25, -0.2) is 0 Å². The Morgan fingerprint density at radius 3 is 2.47 bits per heavy atom. The summed E-state index contributed by atoms with van der Waals surface area (Å²) < 4.78 is 5.95. The smallest absolute Gasteiger partial charge is 0.231 e. The van der Waals surface area contributed by atoms with Gasteiger partial charge in [0.15, 0.2) is 5.78 Å². The van der Waals surface area contributed by atoms with Gasteiger partial charge < -0.3 is 20.3 Å². The number of hydrogen-bond donors (Lipinski definition) is 1. The molecule has 0 bridgehead atoms. The van der Waals surface area contributed by atoms with E-state index < -0.39 is 16.9 Å². The number of ether oxygens (including phenoxy) is 1. The standard InChI is InChI=1S/C31H41N3O4/c1-22-11-13-24(14-12-22)26-18-33(4)29(37)31(26)15-8-16-34(21-31)28(36)25(17-27(35)30(2,3)32)20-38-19-23-9-6-5-7-10-23/h5-7,9-14,25-26H,8,15-21,32H2,1-4H3/t25-,26?,31?/m1/s1.